The van der Waals surface area contributed by atoms with Crippen molar-refractivity contribution in [3.05, 3.63) is 35.9 Å². The fourth-order valence-electron chi connectivity index (χ4n) is 2.76. The molecule has 0 aromatic heterocycles. The zero-order valence-corrected chi connectivity index (χ0v) is 18.6. The van der Waals surface area contributed by atoms with Gasteiger partial charge in [0.2, 0.25) is 0 Å². The number of thioether (sulfide) groups is 1. The quantitative estimate of drug-likeness (QED) is 0.0974. The van der Waals surface area contributed by atoms with Crippen LogP contribution < -0.4 is 0 Å². The molecular weight excluding hydrogens is 470 g/mol. The maximum Gasteiger partial charge on any atom is 0.466 e. The van der Waals surface area contributed by atoms with E-state index in [1.54, 1.807) is 37.3 Å². The predicted molar refractivity (Wildman–Crippen MR) is 112 cm³/mol. The molecule has 0 bridgehead atoms. The molecule has 12 nitrogen and oxygen atoms in total. The Kier molecular flexibility index (Phi) is 9.84. The second kappa shape index (κ2) is 11.9. The molecule has 0 aliphatic carbocycles. The highest BCUT2D eigenvalue weighted by atomic mass is 32.3. The number of ether oxygens (including phenoxy) is 2. The highest BCUT2D eigenvalue weighted by Gasteiger charge is 2.44. The van der Waals surface area contributed by atoms with Gasteiger partial charge in [0.15, 0.2) is 0 Å². The van der Waals surface area contributed by atoms with Crippen LogP contribution in [0.15, 0.2) is 35.5 Å². The Labute approximate surface area is 188 Å². The van der Waals surface area contributed by atoms with Crippen LogP contribution in [0, 0.1) is 5.92 Å². The molecule has 1 heterocycles. The lowest BCUT2D eigenvalue weighted by Crippen LogP contribution is -2.57. The van der Waals surface area contributed by atoms with Crippen molar-refractivity contribution in [2.45, 2.75) is 43.2 Å². The van der Waals surface area contributed by atoms with Crippen molar-refractivity contribution < 1.29 is 51.9 Å². The number of nitrogens with zero attached hydrogens (tertiary/aromatic N) is 1. The van der Waals surface area contributed by atoms with Crippen LogP contribution in [0.5, 0.6) is 0 Å². The molecule has 32 heavy (non-hydrogen) atoms. The van der Waals surface area contributed by atoms with E-state index >= 15 is 0 Å². The van der Waals surface area contributed by atoms with Crippen LogP contribution in [0.2, 0.25) is 0 Å². The molecule has 2 rings (SSSR count). The van der Waals surface area contributed by atoms with E-state index < -0.39 is 58.7 Å². The largest absolute Gasteiger partial charge is 0.466 e. The topological polar surface area (TPSA) is 192 Å². The molecule has 0 radical (unpaired) electrons. The SMILES string of the molecule is CCC(COC(=O)c1ccccc1)C(=NOS(=O)(=O)O)SC1OC(CO)C(O)C(O)C1O. The summed E-state index contributed by atoms with van der Waals surface area (Å²) < 4.78 is 45.6. The molecule has 0 spiro atoms. The maximum absolute atomic E-state index is 12.2. The van der Waals surface area contributed by atoms with Gasteiger partial charge in [-0.25, -0.2) is 9.08 Å². The lowest BCUT2D eigenvalue weighted by atomic mass is 10.0. The number of hydrogen-bond acceptors (Lipinski definition) is 12. The van der Waals surface area contributed by atoms with Gasteiger partial charge in [0, 0.05) is 5.92 Å². The Hall–Kier alpha value is -1.78. The highest BCUT2D eigenvalue weighted by Crippen LogP contribution is 2.32. The van der Waals surface area contributed by atoms with E-state index in [1.807, 2.05) is 0 Å². The van der Waals surface area contributed by atoms with Crippen LogP contribution in [0.1, 0.15) is 23.7 Å². The Morgan fingerprint density at radius 3 is 2.41 bits per heavy atom. The first-order valence-electron chi connectivity index (χ1n) is 9.50. The third kappa shape index (κ3) is 7.38. The van der Waals surface area contributed by atoms with Crippen molar-refractivity contribution in [3.8, 4) is 0 Å². The number of aliphatic hydroxyl groups is 4. The average molecular weight is 496 g/mol. The summed E-state index contributed by atoms with van der Waals surface area (Å²) in [5.74, 6) is -1.39. The molecule has 180 valence electrons. The summed E-state index contributed by atoms with van der Waals surface area (Å²) in [5, 5.41) is 42.7. The van der Waals surface area contributed by atoms with E-state index in [4.69, 9.17) is 14.0 Å². The molecule has 1 saturated heterocycles. The van der Waals surface area contributed by atoms with Gasteiger partial charge >= 0.3 is 16.4 Å². The number of benzene rings is 1. The van der Waals surface area contributed by atoms with Gasteiger partial charge in [-0.1, -0.05) is 42.0 Å². The summed E-state index contributed by atoms with van der Waals surface area (Å²) in [5.41, 5.74) is -1.01. The Morgan fingerprint density at radius 1 is 1.19 bits per heavy atom. The lowest BCUT2D eigenvalue weighted by Gasteiger charge is -2.39. The summed E-state index contributed by atoms with van der Waals surface area (Å²) in [4.78, 5) is 12.2. The molecule has 1 aliphatic heterocycles. The number of esters is 1. The second-order valence-electron chi connectivity index (χ2n) is 6.82. The van der Waals surface area contributed by atoms with Crippen molar-refractivity contribution in [3.63, 3.8) is 0 Å². The Morgan fingerprint density at radius 2 is 1.84 bits per heavy atom. The molecule has 1 aliphatic rings. The maximum atomic E-state index is 12.2. The van der Waals surface area contributed by atoms with Gasteiger partial charge in [-0.2, -0.15) is 8.42 Å². The van der Waals surface area contributed by atoms with Crippen molar-refractivity contribution in [2.75, 3.05) is 13.2 Å². The first kappa shape index (κ1) is 26.5. The molecule has 6 atom stereocenters. The van der Waals surface area contributed by atoms with Gasteiger partial charge in [-0.05, 0) is 18.6 Å². The predicted octanol–water partition coefficient (Wildman–Crippen LogP) is -0.464. The molecule has 14 heteroatoms. The Balaban J connectivity index is 2.19. The Bertz CT molecular complexity index is 878. The minimum atomic E-state index is -4.97. The van der Waals surface area contributed by atoms with E-state index in [0.29, 0.717) is 11.8 Å². The molecule has 0 amide bonds. The number of oxime groups is 1. The van der Waals surface area contributed by atoms with Crippen molar-refractivity contribution in [2.24, 2.45) is 11.1 Å². The third-order valence-electron chi connectivity index (χ3n) is 4.57. The molecule has 6 unspecified atom stereocenters. The van der Waals surface area contributed by atoms with Crippen molar-refractivity contribution >= 4 is 33.2 Å². The van der Waals surface area contributed by atoms with Crippen molar-refractivity contribution in [1.29, 1.82) is 0 Å². The minimum Gasteiger partial charge on any atom is -0.461 e. The van der Waals surface area contributed by atoms with Crippen LogP contribution in [0.3, 0.4) is 0 Å². The standard InChI is InChI=1S/C18H25NO11S2/c1-2-10(9-28-17(24)11-6-4-3-5-7-11)16(19-30-32(25,26)27)31-18-15(23)14(22)13(21)12(8-20)29-18/h3-7,10,12-15,18,20-23H,2,8-9H2,1H3,(H,25,26,27). The summed E-state index contributed by atoms with van der Waals surface area (Å²) in [6.07, 6.45) is -5.84. The number of aliphatic hydroxyl groups excluding tert-OH is 4. The van der Waals surface area contributed by atoms with Gasteiger partial charge in [0.25, 0.3) is 0 Å². The molecule has 5 N–H and O–H groups in total. The molecule has 1 aromatic rings. The minimum absolute atomic E-state index is 0.143. The first-order valence-corrected chi connectivity index (χ1v) is 11.7. The summed E-state index contributed by atoms with van der Waals surface area (Å²) in [6, 6.07) is 8.11. The summed E-state index contributed by atoms with van der Waals surface area (Å²) in [7, 11) is -4.97. The summed E-state index contributed by atoms with van der Waals surface area (Å²) in [6.45, 7) is 0.752. The normalized spacial score (nSPS) is 27.6. The zero-order valence-electron chi connectivity index (χ0n) is 16.9. The zero-order chi connectivity index (χ0) is 23.9. The van der Waals surface area contributed by atoms with Crippen LogP contribution in [-0.4, -0.2) is 87.5 Å². The fourth-order valence-corrected chi connectivity index (χ4v) is 4.22. The number of hydrogen-bond donors (Lipinski definition) is 5. The highest BCUT2D eigenvalue weighted by molar-refractivity contribution is 8.14. The number of carbonyl (C=O) groups is 1. The van der Waals surface area contributed by atoms with E-state index in [9.17, 15) is 33.6 Å². The van der Waals surface area contributed by atoms with Crippen LogP contribution in [0.4, 0.5) is 0 Å². The van der Waals surface area contributed by atoms with Crippen LogP contribution in [-0.2, 0) is 24.2 Å². The van der Waals surface area contributed by atoms with E-state index in [2.05, 4.69) is 9.44 Å². The smallest absolute Gasteiger partial charge is 0.461 e. The first-order chi connectivity index (χ1) is 15.1. The monoisotopic (exact) mass is 495 g/mol. The van der Waals surface area contributed by atoms with Crippen molar-refractivity contribution in [1.82, 2.24) is 0 Å². The van der Waals surface area contributed by atoms with E-state index in [-0.39, 0.29) is 23.6 Å². The number of carbonyl (C=O) groups excluding carboxylic acids is 1. The van der Waals surface area contributed by atoms with Gasteiger partial charge in [-0.3, -0.25) is 4.55 Å². The molecular formula is C18H25NO11S2. The molecule has 1 fully saturated rings. The lowest BCUT2D eigenvalue weighted by molar-refractivity contribution is -0.205. The van der Waals surface area contributed by atoms with Gasteiger partial charge < -0.3 is 29.9 Å². The second-order valence-corrected chi connectivity index (χ2v) is 8.94. The molecule has 1 aromatic carbocycles. The fraction of sp³-hybridized carbons (Fsp3) is 0.556. The summed E-state index contributed by atoms with van der Waals surface area (Å²) >= 11 is 0.623. The number of rotatable bonds is 9. The van der Waals surface area contributed by atoms with Crippen LogP contribution >= 0.6 is 11.8 Å². The van der Waals surface area contributed by atoms with Gasteiger partial charge in [0.1, 0.15) is 41.5 Å². The van der Waals surface area contributed by atoms with Gasteiger partial charge in [0.05, 0.1) is 12.2 Å². The average Bonchev–Trinajstić information content (AvgIpc) is 2.77. The molecule has 0 saturated carbocycles. The van der Waals surface area contributed by atoms with E-state index in [1.165, 1.54) is 0 Å². The third-order valence-corrected chi connectivity index (χ3v) is 6.11. The van der Waals surface area contributed by atoms with Crippen LogP contribution in [0.25, 0.3) is 0 Å². The van der Waals surface area contributed by atoms with Gasteiger partial charge in [-0.15, -0.1) is 0 Å². The van der Waals surface area contributed by atoms with E-state index in [0.717, 1.165) is 0 Å².